The molecule has 3 atom stereocenters. The molecule has 1 aromatic carbocycles. The van der Waals surface area contributed by atoms with E-state index in [-0.39, 0.29) is 49.8 Å². The van der Waals surface area contributed by atoms with Gasteiger partial charge in [0.05, 0.1) is 19.2 Å². The number of alkyl halides is 5. The normalized spacial score (nSPS) is 21.2. The number of ether oxygens (including phenoxy) is 1. The van der Waals surface area contributed by atoms with E-state index in [1.807, 2.05) is 5.32 Å². The second kappa shape index (κ2) is 10.9. The Kier molecular flexibility index (Phi) is 7.66. The highest BCUT2D eigenvalue weighted by Crippen LogP contribution is 2.42. The molecule has 3 aromatic rings. The lowest BCUT2D eigenvalue weighted by Gasteiger charge is -2.32. The molecule has 0 unspecified atom stereocenters. The smallest absolute Gasteiger partial charge is 0.410 e. The number of amides is 3. The van der Waals surface area contributed by atoms with Crippen LogP contribution in [0.3, 0.4) is 0 Å². The Morgan fingerprint density at radius 3 is 2.61 bits per heavy atom. The van der Waals surface area contributed by atoms with Gasteiger partial charge in [-0.3, -0.25) is 9.48 Å². The van der Waals surface area contributed by atoms with Gasteiger partial charge in [-0.15, -0.1) is 0 Å². The van der Waals surface area contributed by atoms with E-state index in [9.17, 15) is 31.5 Å². The Balaban J connectivity index is 1.45. The highest BCUT2D eigenvalue weighted by molar-refractivity contribution is 5.92. The topological polar surface area (TPSA) is 115 Å². The van der Waals surface area contributed by atoms with Crippen LogP contribution in [-0.4, -0.2) is 70.0 Å². The molecule has 2 N–H and O–H groups in total. The van der Waals surface area contributed by atoms with Gasteiger partial charge in [0.15, 0.2) is 5.58 Å². The number of hydrogen-bond acceptors (Lipinski definition) is 6. The summed E-state index contributed by atoms with van der Waals surface area (Å²) in [7, 11) is 2.97. The van der Waals surface area contributed by atoms with Crippen molar-refractivity contribution in [3.8, 4) is 0 Å². The van der Waals surface area contributed by atoms with Crippen molar-refractivity contribution < 1.29 is 40.7 Å². The molecule has 1 saturated heterocycles. The quantitative estimate of drug-likeness (QED) is 0.377. The maximum absolute atomic E-state index is 13.9. The SMILES string of the molecule is COC[C@H](c1ccc2oc([C@@H](NC(=O)c3ccnn3C)C3CCC(F)(F)CC3)nc2c1)N1C[C@@H](C(F)(F)F)NC1=O. The fourth-order valence-corrected chi connectivity index (χ4v) is 5.43. The maximum atomic E-state index is 13.9. The van der Waals surface area contributed by atoms with Gasteiger partial charge in [0.1, 0.15) is 23.3 Å². The van der Waals surface area contributed by atoms with Crippen molar-refractivity contribution >= 4 is 23.0 Å². The highest BCUT2D eigenvalue weighted by atomic mass is 19.4. The maximum Gasteiger partial charge on any atom is 0.410 e. The van der Waals surface area contributed by atoms with Gasteiger partial charge in [0.2, 0.25) is 11.8 Å². The van der Waals surface area contributed by atoms with E-state index in [1.54, 1.807) is 25.2 Å². The molecule has 3 amide bonds. The Bertz CT molecular complexity index is 1410. The minimum atomic E-state index is -4.61. The van der Waals surface area contributed by atoms with Crippen molar-refractivity contribution in [2.24, 2.45) is 13.0 Å². The largest absolute Gasteiger partial charge is 0.438 e. The molecule has 2 aromatic heterocycles. The Hall–Kier alpha value is -3.75. The van der Waals surface area contributed by atoms with Crippen LogP contribution < -0.4 is 10.6 Å². The number of nitrogens with zero attached hydrogens (tertiary/aromatic N) is 4. The van der Waals surface area contributed by atoms with Crippen LogP contribution in [0.15, 0.2) is 34.9 Å². The molecule has 1 saturated carbocycles. The van der Waals surface area contributed by atoms with Crippen LogP contribution in [0.25, 0.3) is 11.1 Å². The van der Waals surface area contributed by atoms with Gasteiger partial charge in [-0.05, 0) is 42.5 Å². The average molecular weight is 585 g/mol. The third-order valence-electron chi connectivity index (χ3n) is 7.69. The zero-order valence-corrected chi connectivity index (χ0v) is 22.3. The van der Waals surface area contributed by atoms with Gasteiger partial charge in [-0.2, -0.15) is 18.3 Å². The number of aromatic nitrogens is 3. The van der Waals surface area contributed by atoms with Gasteiger partial charge in [0, 0.05) is 33.2 Å². The number of hydrogen-bond donors (Lipinski definition) is 2. The summed E-state index contributed by atoms with van der Waals surface area (Å²) in [6, 6.07) is 1.70. The van der Waals surface area contributed by atoms with Gasteiger partial charge in [-0.25, -0.2) is 18.6 Å². The first-order chi connectivity index (χ1) is 19.4. The van der Waals surface area contributed by atoms with Crippen molar-refractivity contribution in [2.45, 2.75) is 55.9 Å². The molecule has 2 fully saturated rings. The number of fused-ring (bicyclic) bond motifs is 1. The van der Waals surface area contributed by atoms with Crippen LogP contribution in [0, 0.1) is 5.92 Å². The predicted octanol–water partition coefficient (Wildman–Crippen LogP) is 4.50. The average Bonchev–Trinajstić information content (AvgIpc) is 3.63. The summed E-state index contributed by atoms with van der Waals surface area (Å²) >= 11 is 0. The number of urea groups is 1. The number of carbonyl (C=O) groups is 2. The van der Waals surface area contributed by atoms with Crippen LogP contribution in [0.5, 0.6) is 0 Å². The molecule has 2 aliphatic rings. The number of rotatable bonds is 8. The number of carbonyl (C=O) groups excluding carboxylic acids is 2. The highest BCUT2D eigenvalue weighted by Gasteiger charge is 2.48. The molecule has 41 heavy (non-hydrogen) atoms. The van der Waals surface area contributed by atoms with Gasteiger partial charge in [-0.1, -0.05) is 6.07 Å². The summed E-state index contributed by atoms with van der Waals surface area (Å²) in [5.41, 5.74) is 1.37. The Morgan fingerprint density at radius 1 is 1.27 bits per heavy atom. The van der Waals surface area contributed by atoms with Crippen molar-refractivity contribution in [1.29, 1.82) is 0 Å². The lowest BCUT2D eigenvalue weighted by atomic mass is 9.82. The fourth-order valence-electron chi connectivity index (χ4n) is 5.43. The van der Waals surface area contributed by atoms with E-state index >= 15 is 0 Å². The third-order valence-corrected chi connectivity index (χ3v) is 7.69. The monoisotopic (exact) mass is 584 g/mol. The number of methoxy groups -OCH3 is 1. The first kappa shape index (κ1) is 28.8. The molecule has 1 aliphatic carbocycles. The fraction of sp³-hybridized carbons (Fsp3) is 0.538. The first-order valence-electron chi connectivity index (χ1n) is 13.1. The molecular formula is C26H29F5N6O4. The molecule has 3 heterocycles. The zero-order chi connectivity index (χ0) is 29.5. The minimum absolute atomic E-state index is 0.0755. The summed E-state index contributed by atoms with van der Waals surface area (Å²) in [6.45, 7) is -0.666. The lowest BCUT2D eigenvalue weighted by Crippen LogP contribution is -2.40. The summed E-state index contributed by atoms with van der Waals surface area (Å²) in [5.74, 6) is -3.53. The molecular weight excluding hydrogens is 555 g/mol. The van der Waals surface area contributed by atoms with E-state index in [0.29, 0.717) is 16.7 Å². The zero-order valence-electron chi connectivity index (χ0n) is 22.3. The summed E-state index contributed by atoms with van der Waals surface area (Å²) in [6.07, 6.45) is -3.56. The predicted molar refractivity (Wildman–Crippen MR) is 134 cm³/mol. The first-order valence-corrected chi connectivity index (χ1v) is 13.1. The number of aryl methyl sites for hydroxylation is 1. The van der Waals surface area contributed by atoms with Crippen LogP contribution in [-0.2, 0) is 11.8 Å². The van der Waals surface area contributed by atoms with E-state index in [2.05, 4.69) is 15.4 Å². The summed E-state index contributed by atoms with van der Waals surface area (Å²) < 4.78 is 80.3. The van der Waals surface area contributed by atoms with E-state index in [4.69, 9.17) is 9.15 Å². The van der Waals surface area contributed by atoms with Crippen LogP contribution in [0.4, 0.5) is 26.7 Å². The molecule has 5 rings (SSSR count). The Morgan fingerprint density at radius 2 is 2.00 bits per heavy atom. The van der Waals surface area contributed by atoms with E-state index in [0.717, 1.165) is 4.90 Å². The van der Waals surface area contributed by atoms with Crippen molar-refractivity contribution in [2.75, 3.05) is 20.3 Å². The number of benzene rings is 1. The molecule has 222 valence electrons. The lowest BCUT2D eigenvalue weighted by molar-refractivity contribution is -0.150. The molecule has 0 radical (unpaired) electrons. The van der Waals surface area contributed by atoms with Gasteiger partial charge < -0.3 is 24.7 Å². The molecule has 10 nitrogen and oxygen atoms in total. The van der Waals surface area contributed by atoms with E-state index < -0.39 is 48.7 Å². The Labute approximate surface area is 231 Å². The van der Waals surface area contributed by atoms with E-state index in [1.165, 1.54) is 24.1 Å². The molecule has 15 heteroatoms. The van der Waals surface area contributed by atoms with Crippen LogP contribution in [0.2, 0.25) is 0 Å². The van der Waals surface area contributed by atoms with Crippen molar-refractivity contribution in [3.05, 3.63) is 47.6 Å². The van der Waals surface area contributed by atoms with Crippen LogP contribution in [0.1, 0.15) is 59.7 Å². The number of nitrogens with one attached hydrogen (secondary N) is 2. The van der Waals surface area contributed by atoms with Crippen molar-refractivity contribution in [3.63, 3.8) is 0 Å². The molecule has 1 aliphatic heterocycles. The van der Waals surface area contributed by atoms with Gasteiger partial charge in [0.25, 0.3) is 5.91 Å². The number of oxazole rings is 1. The second-order valence-electron chi connectivity index (χ2n) is 10.4. The van der Waals surface area contributed by atoms with Gasteiger partial charge >= 0.3 is 12.2 Å². The second-order valence-corrected chi connectivity index (χ2v) is 10.4. The minimum Gasteiger partial charge on any atom is -0.438 e. The molecule has 0 bridgehead atoms. The van der Waals surface area contributed by atoms with Crippen LogP contribution >= 0.6 is 0 Å². The molecule has 0 spiro atoms. The van der Waals surface area contributed by atoms with Crippen molar-refractivity contribution in [1.82, 2.24) is 30.3 Å². The summed E-state index contributed by atoms with van der Waals surface area (Å²) in [4.78, 5) is 31.1. The number of halogens is 5. The standard InChI is InChI=1S/C26H29F5N6O4/c1-36-17(7-10-32-36)22(38)35-21(14-5-8-25(27,28)9-6-14)23-33-16-11-15(3-4-19(16)41-23)18(13-40-2)37-12-20(26(29,30)31)34-24(37)39/h3-4,7,10-11,14,18,20-21H,5-6,8-9,12-13H2,1-2H3,(H,34,39)(H,35,38)/t18-,20+,21+/m1/s1. The summed E-state index contributed by atoms with van der Waals surface area (Å²) in [5, 5.41) is 8.82. The third kappa shape index (κ3) is 5.99.